The number of nitrogens with zero attached hydrogens (tertiary/aromatic N) is 6. The van der Waals surface area contributed by atoms with Crippen LogP contribution in [0, 0.1) is 6.92 Å². The summed E-state index contributed by atoms with van der Waals surface area (Å²) in [7, 11) is 1.97. The van der Waals surface area contributed by atoms with Crippen LogP contribution in [0.1, 0.15) is 24.1 Å². The Labute approximate surface area is 189 Å². The molecule has 1 aromatic carbocycles. The molecule has 3 rings (SSSR count). The molecule has 1 aliphatic rings. The van der Waals surface area contributed by atoms with Crippen LogP contribution in [0.25, 0.3) is 0 Å². The van der Waals surface area contributed by atoms with Crippen LogP contribution in [-0.2, 0) is 20.1 Å². The number of piperazine rings is 1. The zero-order valence-corrected chi connectivity index (χ0v) is 19.8. The van der Waals surface area contributed by atoms with Gasteiger partial charge in [0.15, 0.2) is 11.8 Å². The maximum absolute atomic E-state index is 6.10. The second kappa shape index (κ2) is 11.0. The number of aromatic nitrogens is 3. The highest BCUT2D eigenvalue weighted by molar-refractivity contribution is 14.0. The van der Waals surface area contributed by atoms with Crippen LogP contribution in [-0.4, -0.2) is 63.2 Å². The summed E-state index contributed by atoms with van der Waals surface area (Å²) < 4.78 is 1.98. The number of aliphatic imine (C=N–C) groups is 1. The van der Waals surface area contributed by atoms with Gasteiger partial charge >= 0.3 is 0 Å². The number of aryl methyl sites for hydroxylation is 1. The van der Waals surface area contributed by atoms with Gasteiger partial charge in [-0.15, -0.1) is 34.2 Å². The number of hydrogen-bond acceptors (Lipinski definition) is 4. The highest BCUT2D eigenvalue weighted by Gasteiger charge is 2.20. The first kappa shape index (κ1) is 22.9. The van der Waals surface area contributed by atoms with E-state index in [2.05, 4.69) is 38.3 Å². The maximum atomic E-state index is 6.10. The molecule has 9 heteroatoms. The monoisotopic (exact) mass is 517 g/mol. The lowest BCUT2D eigenvalue weighted by Gasteiger charge is -2.36. The molecular weight excluding hydrogens is 489 g/mol. The van der Waals surface area contributed by atoms with Gasteiger partial charge < -0.3 is 14.8 Å². The second-order valence-corrected chi connectivity index (χ2v) is 7.22. The molecule has 1 N–H and O–H groups in total. The third kappa shape index (κ3) is 6.05. The zero-order valence-electron chi connectivity index (χ0n) is 16.7. The van der Waals surface area contributed by atoms with Gasteiger partial charge in [0.1, 0.15) is 12.4 Å². The van der Waals surface area contributed by atoms with Crippen LogP contribution in [0.3, 0.4) is 0 Å². The lowest BCUT2D eigenvalue weighted by molar-refractivity contribution is 0.172. The van der Waals surface area contributed by atoms with Crippen molar-refractivity contribution in [2.75, 3.05) is 32.7 Å². The van der Waals surface area contributed by atoms with Crippen molar-refractivity contribution in [2.24, 2.45) is 12.0 Å². The predicted octanol–water partition coefficient (Wildman–Crippen LogP) is 2.68. The Bertz CT molecular complexity index is 784. The molecule has 1 aliphatic heterocycles. The fraction of sp³-hybridized carbons (Fsp3) is 0.526. The third-order valence-electron chi connectivity index (χ3n) is 4.85. The summed E-state index contributed by atoms with van der Waals surface area (Å²) in [5.74, 6) is 2.72. The number of nitrogens with one attached hydrogen (secondary N) is 1. The lowest BCUT2D eigenvalue weighted by Crippen LogP contribution is -2.52. The molecule has 1 aromatic heterocycles. The summed E-state index contributed by atoms with van der Waals surface area (Å²) in [4.78, 5) is 9.55. The van der Waals surface area contributed by atoms with E-state index in [0.29, 0.717) is 6.54 Å². The Morgan fingerprint density at radius 2 is 1.96 bits per heavy atom. The molecule has 0 unspecified atom stereocenters. The molecule has 2 aromatic rings. The van der Waals surface area contributed by atoms with Crippen molar-refractivity contribution in [1.82, 2.24) is 29.9 Å². The predicted molar refractivity (Wildman–Crippen MR) is 124 cm³/mol. The fourth-order valence-electron chi connectivity index (χ4n) is 3.17. The highest BCUT2D eigenvalue weighted by Crippen LogP contribution is 2.14. The highest BCUT2D eigenvalue weighted by atomic mass is 127. The van der Waals surface area contributed by atoms with Crippen LogP contribution >= 0.6 is 35.6 Å². The third-order valence-corrected chi connectivity index (χ3v) is 5.09. The van der Waals surface area contributed by atoms with Crippen molar-refractivity contribution in [3.05, 3.63) is 46.5 Å². The minimum Gasteiger partial charge on any atom is -0.357 e. The molecule has 7 nitrogen and oxygen atoms in total. The number of guanidine groups is 1. The first-order valence-corrected chi connectivity index (χ1v) is 9.79. The second-order valence-electron chi connectivity index (χ2n) is 6.79. The molecule has 0 radical (unpaired) electrons. The van der Waals surface area contributed by atoms with Crippen LogP contribution < -0.4 is 5.32 Å². The van der Waals surface area contributed by atoms with Crippen molar-refractivity contribution >= 4 is 41.5 Å². The summed E-state index contributed by atoms with van der Waals surface area (Å²) in [5.41, 5.74) is 1.26. The SMILES string of the molecule is CCNC(=NCc1nnc(C)n1C)N1CCN(Cc2cccc(Cl)c2)CC1.I. The topological polar surface area (TPSA) is 61.6 Å². The Balaban J connectivity index is 0.00000280. The summed E-state index contributed by atoms with van der Waals surface area (Å²) in [6.07, 6.45) is 0. The van der Waals surface area contributed by atoms with Gasteiger partial charge in [-0.3, -0.25) is 4.90 Å². The van der Waals surface area contributed by atoms with Crippen molar-refractivity contribution in [3.63, 3.8) is 0 Å². The molecule has 0 spiro atoms. The Kier molecular flexibility index (Phi) is 8.97. The number of rotatable bonds is 5. The van der Waals surface area contributed by atoms with Gasteiger partial charge in [0.05, 0.1) is 0 Å². The fourth-order valence-corrected chi connectivity index (χ4v) is 3.38. The molecule has 0 bridgehead atoms. The smallest absolute Gasteiger partial charge is 0.194 e. The number of halogens is 2. The van der Waals surface area contributed by atoms with E-state index in [1.807, 2.05) is 36.7 Å². The van der Waals surface area contributed by atoms with Gasteiger partial charge in [0, 0.05) is 51.3 Å². The molecule has 0 aliphatic carbocycles. The molecule has 0 saturated carbocycles. The van der Waals surface area contributed by atoms with Crippen LogP contribution in [0.2, 0.25) is 5.02 Å². The van der Waals surface area contributed by atoms with Crippen molar-refractivity contribution < 1.29 is 0 Å². The standard InChI is InChI=1S/C19H28ClN7.HI/c1-4-21-19(22-13-18-24-23-15(2)25(18)3)27-10-8-26(9-11-27)14-16-6-5-7-17(20)12-16;/h5-7,12H,4,8-11,13-14H2,1-3H3,(H,21,22);1H. The van der Waals surface area contributed by atoms with E-state index in [0.717, 1.165) is 61.9 Å². The van der Waals surface area contributed by atoms with Gasteiger partial charge in [0.25, 0.3) is 0 Å². The molecule has 154 valence electrons. The van der Waals surface area contributed by atoms with Gasteiger partial charge in [-0.25, -0.2) is 4.99 Å². The van der Waals surface area contributed by atoms with Crippen molar-refractivity contribution in [1.29, 1.82) is 0 Å². The molecule has 1 fully saturated rings. The first-order valence-electron chi connectivity index (χ1n) is 9.41. The molecule has 1 saturated heterocycles. The first-order chi connectivity index (χ1) is 13.1. The van der Waals surface area contributed by atoms with Gasteiger partial charge in [-0.1, -0.05) is 23.7 Å². The average molecular weight is 518 g/mol. The van der Waals surface area contributed by atoms with Gasteiger partial charge in [-0.05, 0) is 31.5 Å². The molecule has 0 atom stereocenters. The average Bonchev–Trinajstić information content (AvgIpc) is 2.98. The number of benzene rings is 1. The quantitative estimate of drug-likeness (QED) is 0.375. The summed E-state index contributed by atoms with van der Waals surface area (Å²) in [6.45, 7) is 10.2. The van der Waals surface area contributed by atoms with E-state index in [1.54, 1.807) is 0 Å². The van der Waals surface area contributed by atoms with E-state index < -0.39 is 0 Å². The van der Waals surface area contributed by atoms with Crippen LogP contribution in [0.4, 0.5) is 0 Å². The van der Waals surface area contributed by atoms with Crippen molar-refractivity contribution in [2.45, 2.75) is 26.9 Å². The van der Waals surface area contributed by atoms with E-state index >= 15 is 0 Å². The Hall–Kier alpha value is -1.39. The van der Waals surface area contributed by atoms with E-state index in [9.17, 15) is 0 Å². The Morgan fingerprint density at radius 1 is 1.21 bits per heavy atom. The maximum Gasteiger partial charge on any atom is 0.194 e. The van der Waals surface area contributed by atoms with E-state index in [-0.39, 0.29) is 24.0 Å². The van der Waals surface area contributed by atoms with E-state index in [1.165, 1.54) is 5.56 Å². The largest absolute Gasteiger partial charge is 0.357 e. The molecule has 0 amide bonds. The minimum absolute atomic E-state index is 0. The van der Waals surface area contributed by atoms with Crippen LogP contribution in [0.15, 0.2) is 29.3 Å². The van der Waals surface area contributed by atoms with Gasteiger partial charge in [-0.2, -0.15) is 0 Å². The summed E-state index contributed by atoms with van der Waals surface area (Å²) in [6, 6.07) is 8.10. The molecule has 28 heavy (non-hydrogen) atoms. The molecular formula is C19H29ClIN7. The van der Waals surface area contributed by atoms with Crippen LogP contribution in [0.5, 0.6) is 0 Å². The molecule has 2 heterocycles. The zero-order chi connectivity index (χ0) is 19.2. The normalized spacial score (nSPS) is 15.4. The minimum atomic E-state index is 0. The van der Waals surface area contributed by atoms with Crippen molar-refractivity contribution in [3.8, 4) is 0 Å². The summed E-state index contributed by atoms with van der Waals surface area (Å²) >= 11 is 6.10. The Morgan fingerprint density at radius 3 is 2.57 bits per heavy atom. The summed E-state index contributed by atoms with van der Waals surface area (Å²) in [5, 5.41) is 12.5. The van der Waals surface area contributed by atoms with E-state index in [4.69, 9.17) is 16.6 Å². The number of hydrogen-bond donors (Lipinski definition) is 1. The van der Waals surface area contributed by atoms with Gasteiger partial charge in [0.2, 0.25) is 0 Å². The lowest BCUT2D eigenvalue weighted by atomic mass is 10.2.